The van der Waals surface area contributed by atoms with Gasteiger partial charge in [-0.15, -0.1) is 0 Å². The van der Waals surface area contributed by atoms with Gasteiger partial charge in [0, 0.05) is 13.1 Å². The second-order valence-electron chi connectivity index (χ2n) is 3.60. The number of aromatic nitrogens is 3. The molecule has 2 atom stereocenters. The smallest absolute Gasteiger partial charge is 0.228 e. The Morgan fingerprint density at radius 1 is 1.21 bits per heavy atom. The predicted molar refractivity (Wildman–Crippen MR) is 52.0 cm³/mol. The van der Waals surface area contributed by atoms with Crippen LogP contribution in [0.3, 0.4) is 0 Å². The Balaban J connectivity index is 2.11. The molecule has 5 nitrogen and oxygen atoms in total. The van der Waals surface area contributed by atoms with Gasteiger partial charge in [0.25, 0.3) is 0 Å². The normalized spacial score (nSPS) is 27.7. The van der Waals surface area contributed by atoms with Gasteiger partial charge in [0.2, 0.25) is 5.95 Å². The average molecular weight is 194 g/mol. The van der Waals surface area contributed by atoms with Crippen LogP contribution in [0.1, 0.15) is 13.8 Å². The fourth-order valence-electron chi connectivity index (χ4n) is 1.74. The van der Waals surface area contributed by atoms with Gasteiger partial charge in [-0.3, -0.25) is 0 Å². The first-order chi connectivity index (χ1) is 6.75. The van der Waals surface area contributed by atoms with Gasteiger partial charge in [-0.25, -0.2) is 15.0 Å². The highest BCUT2D eigenvalue weighted by atomic mass is 16.5. The molecule has 1 aromatic heterocycles. The Bertz CT molecular complexity index is 282. The van der Waals surface area contributed by atoms with Crippen LogP contribution in [0.25, 0.3) is 0 Å². The van der Waals surface area contributed by atoms with Crippen molar-refractivity contribution in [2.24, 2.45) is 0 Å². The summed E-state index contributed by atoms with van der Waals surface area (Å²) in [5.74, 6) is 0.738. The van der Waals surface area contributed by atoms with Gasteiger partial charge in [0.1, 0.15) is 12.7 Å². The highest BCUT2D eigenvalue weighted by Gasteiger charge is 2.23. The highest BCUT2D eigenvalue weighted by molar-refractivity contribution is 5.28. The third kappa shape index (κ3) is 1.98. The van der Waals surface area contributed by atoms with E-state index in [1.165, 1.54) is 12.7 Å². The topological polar surface area (TPSA) is 51.1 Å². The van der Waals surface area contributed by atoms with Crippen LogP contribution in [0.4, 0.5) is 5.95 Å². The van der Waals surface area contributed by atoms with Crippen molar-refractivity contribution in [3.63, 3.8) is 0 Å². The Morgan fingerprint density at radius 2 is 1.79 bits per heavy atom. The van der Waals surface area contributed by atoms with Crippen LogP contribution < -0.4 is 4.90 Å². The van der Waals surface area contributed by atoms with Gasteiger partial charge in [0.05, 0.1) is 12.2 Å². The summed E-state index contributed by atoms with van der Waals surface area (Å²) < 4.78 is 5.63. The minimum Gasteiger partial charge on any atom is -0.372 e. The van der Waals surface area contributed by atoms with Crippen LogP contribution in [0.2, 0.25) is 0 Å². The van der Waals surface area contributed by atoms with Gasteiger partial charge in [-0.2, -0.15) is 0 Å². The summed E-state index contributed by atoms with van der Waals surface area (Å²) in [7, 11) is 0. The van der Waals surface area contributed by atoms with Crippen molar-refractivity contribution in [3.05, 3.63) is 12.7 Å². The van der Waals surface area contributed by atoms with Crippen molar-refractivity contribution in [1.82, 2.24) is 15.0 Å². The van der Waals surface area contributed by atoms with E-state index >= 15 is 0 Å². The highest BCUT2D eigenvalue weighted by Crippen LogP contribution is 2.14. The molecule has 5 heteroatoms. The quantitative estimate of drug-likeness (QED) is 0.651. The molecule has 14 heavy (non-hydrogen) atoms. The third-order valence-corrected chi connectivity index (χ3v) is 2.18. The first-order valence-corrected chi connectivity index (χ1v) is 4.78. The molecule has 2 rings (SSSR count). The van der Waals surface area contributed by atoms with E-state index in [1.807, 2.05) is 0 Å². The number of ether oxygens (including phenoxy) is 1. The van der Waals surface area contributed by atoms with E-state index in [0.29, 0.717) is 0 Å². The molecule has 0 spiro atoms. The molecule has 2 heterocycles. The zero-order valence-electron chi connectivity index (χ0n) is 8.42. The molecular formula is C9H14N4O. The van der Waals surface area contributed by atoms with E-state index in [2.05, 4.69) is 33.7 Å². The maximum absolute atomic E-state index is 5.63. The molecule has 0 unspecified atom stereocenters. The molecule has 0 aromatic carbocycles. The van der Waals surface area contributed by atoms with Crippen LogP contribution in [-0.4, -0.2) is 40.2 Å². The van der Waals surface area contributed by atoms with Crippen molar-refractivity contribution < 1.29 is 4.74 Å². The van der Waals surface area contributed by atoms with Gasteiger partial charge < -0.3 is 9.64 Å². The van der Waals surface area contributed by atoms with Gasteiger partial charge in [0.15, 0.2) is 0 Å². The molecule has 1 saturated heterocycles. The molecule has 0 amide bonds. The molecule has 0 saturated carbocycles. The Morgan fingerprint density at radius 3 is 2.36 bits per heavy atom. The maximum Gasteiger partial charge on any atom is 0.228 e. The van der Waals surface area contributed by atoms with E-state index in [1.54, 1.807) is 0 Å². The van der Waals surface area contributed by atoms with Crippen molar-refractivity contribution in [1.29, 1.82) is 0 Å². The zero-order valence-corrected chi connectivity index (χ0v) is 8.42. The third-order valence-electron chi connectivity index (χ3n) is 2.18. The average Bonchev–Trinajstić information content (AvgIpc) is 2.18. The first kappa shape index (κ1) is 9.33. The number of hydrogen-bond donors (Lipinski definition) is 0. The molecule has 0 N–H and O–H groups in total. The molecule has 1 aliphatic heterocycles. The van der Waals surface area contributed by atoms with Crippen LogP contribution in [0, 0.1) is 0 Å². The monoisotopic (exact) mass is 194 g/mol. The van der Waals surface area contributed by atoms with Gasteiger partial charge in [-0.1, -0.05) is 0 Å². The summed E-state index contributed by atoms with van der Waals surface area (Å²) in [4.78, 5) is 14.2. The number of morpholine rings is 1. The lowest BCUT2D eigenvalue weighted by atomic mass is 10.2. The molecular weight excluding hydrogens is 180 g/mol. The van der Waals surface area contributed by atoms with E-state index in [-0.39, 0.29) is 12.2 Å². The summed E-state index contributed by atoms with van der Waals surface area (Å²) in [5, 5.41) is 0. The first-order valence-electron chi connectivity index (χ1n) is 4.78. The lowest BCUT2D eigenvalue weighted by Gasteiger charge is -2.35. The summed E-state index contributed by atoms with van der Waals surface area (Å²) in [5.41, 5.74) is 0. The predicted octanol–water partition coefficient (Wildman–Crippen LogP) is 0.485. The lowest BCUT2D eigenvalue weighted by molar-refractivity contribution is -0.00573. The van der Waals surface area contributed by atoms with Crippen molar-refractivity contribution in [3.8, 4) is 0 Å². The zero-order chi connectivity index (χ0) is 9.97. The van der Waals surface area contributed by atoms with E-state index in [9.17, 15) is 0 Å². The Kier molecular flexibility index (Phi) is 2.58. The SMILES string of the molecule is C[C@@H]1CN(c2ncncn2)C[C@H](C)O1. The Labute approximate surface area is 83.1 Å². The summed E-state index contributed by atoms with van der Waals surface area (Å²) in [6.45, 7) is 5.80. The second kappa shape index (κ2) is 3.88. The van der Waals surface area contributed by atoms with E-state index < -0.39 is 0 Å². The molecule has 0 bridgehead atoms. The fourth-order valence-corrected chi connectivity index (χ4v) is 1.74. The van der Waals surface area contributed by atoms with E-state index in [0.717, 1.165) is 19.0 Å². The fraction of sp³-hybridized carbons (Fsp3) is 0.667. The van der Waals surface area contributed by atoms with Crippen LogP contribution in [0.15, 0.2) is 12.7 Å². The number of nitrogens with zero attached hydrogens (tertiary/aromatic N) is 4. The maximum atomic E-state index is 5.63. The summed E-state index contributed by atoms with van der Waals surface area (Å²) >= 11 is 0. The van der Waals surface area contributed by atoms with Crippen LogP contribution >= 0.6 is 0 Å². The largest absolute Gasteiger partial charge is 0.372 e. The molecule has 76 valence electrons. The Hall–Kier alpha value is -1.23. The molecule has 1 fully saturated rings. The second-order valence-corrected chi connectivity index (χ2v) is 3.60. The standard InChI is InChI=1S/C9H14N4O/c1-7-3-13(4-8(2)14-7)9-11-5-10-6-12-9/h5-8H,3-4H2,1-2H3/t7-,8+. The number of hydrogen-bond acceptors (Lipinski definition) is 5. The van der Waals surface area contributed by atoms with Gasteiger partial charge in [-0.05, 0) is 13.8 Å². The summed E-state index contributed by atoms with van der Waals surface area (Å²) in [6.07, 6.45) is 3.51. The number of rotatable bonds is 1. The van der Waals surface area contributed by atoms with Crippen LogP contribution in [0.5, 0.6) is 0 Å². The van der Waals surface area contributed by atoms with Gasteiger partial charge >= 0.3 is 0 Å². The van der Waals surface area contributed by atoms with E-state index in [4.69, 9.17) is 4.74 Å². The van der Waals surface area contributed by atoms with Crippen molar-refractivity contribution in [2.45, 2.75) is 26.1 Å². The molecule has 0 radical (unpaired) electrons. The summed E-state index contributed by atoms with van der Waals surface area (Å²) in [6, 6.07) is 0. The minimum atomic E-state index is 0.232. The molecule has 1 aliphatic rings. The molecule has 0 aliphatic carbocycles. The molecule has 1 aromatic rings. The van der Waals surface area contributed by atoms with Crippen LogP contribution in [-0.2, 0) is 4.74 Å². The van der Waals surface area contributed by atoms with Crippen molar-refractivity contribution >= 4 is 5.95 Å². The number of anilines is 1. The lowest BCUT2D eigenvalue weighted by Crippen LogP contribution is -2.46. The minimum absolute atomic E-state index is 0.232. The van der Waals surface area contributed by atoms with Crippen molar-refractivity contribution in [2.75, 3.05) is 18.0 Å².